The summed E-state index contributed by atoms with van der Waals surface area (Å²) in [6, 6.07) is 14.2. The lowest BCUT2D eigenvalue weighted by Crippen LogP contribution is -2.30. The van der Waals surface area contributed by atoms with Crippen molar-refractivity contribution in [2.75, 3.05) is 19.0 Å². The van der Waals surface area contributed by atoms with Crippen LogP contribution in [0.25, 0.3) is 0 Å². The van der Waals surface area contributed by atoms with Gasteiger partial charge >= 0.3 is 0 Å². The average Bonchev–Trinajstić information content (AvgIpc) is 2.61. The Morgan fingerprint density at radius 2 is 1.88 bits per heavy atom. The van der Waals surface area contributed by atoms with Gasteiger partial charge in [0, 0.05) is 11.8 Å². The summed E-state index contributed by atoms with van der Waals surface area (Å²) in [5.41, 5.74) is 0.645. The van der Waals surface area contributed by atoms with Gasteiger partial charge in [0.2, 0.25) is 0 Å². The van der Waals surface area contributed by atoms with Crippen molar-refractivity contribution in [3.05, 3.63) is 61.2 Å². The second-order valence-corrected chi connectivity index (χ2v) is 5.05. The molecule has 0 aliphatic heterocycles. The van der Waals surface area contributed by atoms with Gasteiger partial charge in [0.1, 0.15) is 23.9 Å². The summed E-state index contributed by atoms with van der Waals surface area (Å²) < 4.78 is 16.2. The number of benzene rings is 2. The van der Waals surface area contributed by atoms with Gasteiger partial charge in [-0.15, -0.1) is 0 Å². The summed E-state index contributed by atoms with van der Waals surface area (Å²) in [4.78, 5) is 12.2. The first-order valence-electron chi connectivity index (χ1n) is 7.57. The summed E-state index contributed by atoms with van der Waals surface area (Å²) in [6.07, 6.45) is 1.02. The van der Waals surface area contributed by atoms with Gasteiger partial charge in [-0.1, -0.05) is 18.7 Å². The fourth-order valence-corrected chi connectivity index (χ4v) is 1.97. The van der Waals surface area contributed by atoms with Crippen LogP contribution in [0.1, 0.15) is 6.92 Å². The summed E-state index contributed by atoms with van der Waals surface area (Å²) in [7, 11) is 1.60. The molecule has 0 aliphatic carbocycles. The highest BCUT2D eigenvalue weighted by Gasteiger charge is 2.15. The zero-order valence-electron chi connectivity index (χ0n) is 13.8. The summed E-state index contributed by atoms with van der Waals surface area (Å²) in [6.45, 7) is 5.70. The predicted molar refractivity (Wildman–Crippen MR) is 93.8 cm³/mol. The molecule has 0 saturated carbocycles. The maximum atomic E-state index is 12.2. The normalized spacial score (nSPS) is 11.2. The van der Waals surface area contributed by atoms with Gasteiger partial charge in [0.25, 0.3) is 5.91 Å². The highest BCUT2D eigenvalue weighted by molar-refractivity contribution is 5.94. The van der Waals surface area contributed by atoms with Crippen molar-refractivity contribution in [1.82, 2.24) is 0 Å². The van der Waals surface area contributed by atoms with Gasteiger partial charge in [-0.3, -0.25) is 4.79 Å². The van der Waals surface area contributed by atoms with Crippen LogP contribution in [0.2, 0.25) is 0 Å². The van der Waals surface area contributed by atoms with Crippen molar-refractivity contribution in [3.8, 4) is 17.2 Å². The summed E-state index contributed by atoms with van der Waals surface area (Å²) in [5, 5.41) is 2.81. The monoisotopic (exact) mass is 327 g/mol. The van der Waals surface area contributed by atoms with Crippen molar-refractivity contribution in [2.24, 2.45) is 0 Å². The smallest absolute Gasteiger partial charge is 0.265 e. The number of methoxy groups -OCH3 is 1. The number of nitrogens with one attached hydrogen (secondary N) is 1. The molecule has 126 valence electrons. The lowest BCUT2D eigenvalue weighted by molar-refractivity contribution is -0.122. The second-order valence-electron chi connectivity index (χ2n) is 5.05. The Morgan fingerprint density at radius 3 is 2.54 bits per heavy atom. The maximum absolute atomic E-state index is 12.2. The van der Waals surface area contributed by atoms with Gasteiger partial charge in [0.05, 0.1) is 7.11 Å². The van der Waals surface area contributed by atoms with Gasteiger partial charge in [-0.05, 0) is 43.3 Å². The van der Waals surface area contributed by atoms with Crippen LogP contribution < -0.4 is 19.5 Å². The Balaban J connectivity index is 1.94. The molecular weight excluding hydrogens is 306 g/mol. The zero-order valence-corrected chi connectivity index (χ0v) is 13.8. The molecule has 5 heteroatoms. The van der Waals surface area contributed by atoms with E-state index in [2.05, 4.69) is 11.9 Å². The van der Waals surface area contributed by atoms with E-state index >= 15 is 0 Å². The van der Waals surface area contributed by atoms with Crippen molar-refractivity contribution >= 4 is 11.6 Å². The molecule has 0 saturated heterocycles. The van der Waals surface area contributed by atoms with Crippen LogP contribution in [0, 0.1) is 0 Å². The minimum atomic E-state index is -0.642. The lowest BCUT2D eigenvalue weighted by atomic mass is 10.2. The topological polar surface area (TPSA) is 56.8 Å². The Hall–Kier alpha value is -2.95. The number of carbonyl (C=O) groups excluding carboxylic acids is 1. The zero-order chi connectivity index (χ0) is 17.4. The first-order chi connectivity index (χ1) is 11.6. The maximum Gasteiger partial charge on any atom is 0.265 e. The molecule has 1 amide bonds. The number of amides is 1. The molecule has 5 nitrogen and oxygen atoms in total. The summed E-state index contributed by atoms with van der Waals surface area (Å²) >= 11 is 0. The number of carbonyl (C=O) groups is 1. The van der Waals surface area contributed by atoms with Gasteiger partial charge < -0.3 is 19.5 Å². The molecule has 0 heterocycles. The predicted octanol–water partition coefficient (Wildman–Crippen LogP) is 3.67. The van der Waals surface area contributed by atoms with E-state index in [9.17, 15) is 4.79 Å². The largest absolute Gasteiger partial charge is 0.497 e. The molecule has 2 aromatic carbocycles. The first kappa shape index (κ1) is 17.4. The number of ether oxygens (including phenoxy) is 3. The van der Waals surface area contributed by atoms with Crippen molar-refractivity contribution in [1.29, 1.82) is 0 Å². The van der Waals surface area contributed by atoms with Crippen molar-refractivity contribution in [3.63, 3.8) is 0 Å². The molecule has 0 aliphatic rings. The standard InChI is InChI=1S/C19H21NO4/c1-4-12-23-18-7-5-6-15(13-18)20-19(21)14(2)24-17-10-8-16(22-3)9-11-17/h4-11,13-14H,1,12H2,2-3H3,(H,20,21)/t14-/m0/s1. The quantitative estimate of drug-likeness (QED) is 0.752. The number of rotatable bonds is 8. The van der Waals surface area contributed by atoms with Crippen LogP contribution in [0.3, 0.4) is 0 Å². The van der Waals surface area contributed by atoms with Crippen molar-refractivity contribution in [2.45, 2.75) is 13.0 Å². The third kappa shape index (κ3) is 5.05. The molecule has 0 aromatic heterocycles. The molecule has 1 N–H and O–H groups in total. The molecule has 24 heavy (non-hydrogen) atoms. The SMILES string of the molecule is C=CCOc1cccc(NC(=O)[C@H](C)Oc2ccc(OC)cc2)c1. The number of hydrogen-bond donors (Lipinski definition) is 1. The van der Waals surface area contributed by atoms with Crippen LogP contribution in [0.5, 0.6) is 17.2 Å². The van der Waals surface area contributed by atoms with Crippen molar-refractivity contribution < 1.29 is 19.0 Å². The number of hydrogen-bond acceptors (Lipinski definition) is 4. The Bertz CT molecular complexity index is 682. The molecule has 0 unspecified atom stereocenters. The van der Waals surface area contributed by atoms with E-state index in [1.165, 1.54) is 0 Å². The third-order valence-electron chi connectivity index (χ3n) is 3.21. The Morgan fingerprint density at radius 1 is 1.17 bits per heavy atom. The van der Waals surface area contributed by atoms with E-state index in [0.717, 1.165) is 5.75 Å². The minimum absolute atomic E-state index is 0.244. The molecule has 0 fully saturated rings. The molecule has 0 spiro atoms. The fraction of sp³-hybridized carbons (Fsp3) is 0.211. The molecule has 2 rings (SSSR count). The number of anilines is 1. The van der Waals surface area contributed by atoms with Gasteiger partial charge in [-0.2, -0.15) is 0 Å². The van der Waals surface area contributed by atoms with Gasteiger partial charge in [0.15, 0.2) is 6.10 Å². The average molecular weight is 327 g/mol. The van der Waals surface area contributed by atoms with Crippen LogP contribution >= 0.6 is 0 Å². The van der Waals surface area contributed by atoms with E-state index in [1.54, 1.807) is 56.5 Å². The van der Waals surface area contributed by atoms with E-state index in [4.69, 9.17) is 14.2 Å². The van der Waals surface area contributed by atoms with E-state index < -0.39 is 6.10 Å². The Kier molecular flexibility index (Phi) is 6.25. The van der Waals surface area contributed by atoms with Crippen LogP contribution in [0.15, 0.2) is 61.2 Å². The second kappa shape index (κ2) is 8.62. The minimum Gasteiger partial charge on any atom is -0.497 e. The molecule has 2 aromatic rings. The Labute approximate surface area is 141 Å². The molecular formula is C19H21NO4. The van der Waals surface area contributed by atoms with Crippen LogP contribution in [-0.2, 0) is 4.79 Å². The molecule has 0 bridgehead atoms. The lowest BCUT2D eigenvalue weighted by Gasteiger charge is -2.15. The molecule has 0 radical (unpaired) electrons. The third-order valence-corrected chi connectivity index (χ3v) is 3.21. The highest BCUT2D eigenvalue weighted by atomic mass is 16.5. The fourth-order valence-electron chi connectivity index (χ4n) is 1.97. The van der Waals surface area contributed by atoms with E-state index in [0.29, 0.717) is 23.8 Å². The van der Waals surface area contributed by atoms with Crippen LogP contribution in [0.4, 0.5) is 5.69 Å². The van der Waals surface area contributed by atoms with Crippen LogP contribution in [-0.4, -0.2) is 25.7 Å². The van der Waals surface area contributed by atoms with E-state index in [1.807, 2.05) is 12.1 Å². The molecule has 1 atom stereocenters. The van der Waals surface area contributed by atoms with E-state index in [-0.39, 0.29) is 5.91 Å². The highest BCUT2D eigenvalue weighted by Crippen LogP contribution is 2.20. The summed E-state index contributed by atoms with van der Waals surface area (Å²) in [5.74, 6) is 1.75. The first-order valence-corrected chi connectivity index (χ1v) is 7.57. The van der Waals surface area contributed by atoms with Gasteiger partial charge in [-0.25, -0.2) is 0 Å².